The van der Waals surface area contributed by atoms with Crippen LogP contribution >= 0.6 is 11.6 Å². The SMILES string of the molecule is CC(C#N)Oc1ccc(/C=C/c2ccc3c(Cl)c(O)ccc3n2)cc1. The molecule has 4 nitrogen and oxygen atoms in total. The molecule has 1 aromatic heterocycles. The molecule has 3 aromatic rings. The number of pyridine rings is 1. The zero-order chi connectivity index (χ0) is 17.8. The van der Waals surface area contributed by atoms with Crippen molar-refractivity contribution in [3.63, 3.8) is 0 Å². The first kappa shape index (κ1) is 16.8. The van der Waals surface area contributed by atoms with Gasteiger partial charge >= 0.3 is 0 Å². The van der Waals surface area contributed by atoms with E-state index in [9.17, 15) is 5.11 Å². The highest BCUT2D eigenvalue weighted by molar-refractivity contribution is 6.36. The number of phenols is 1. The Kier molecular flexibility index (Phi) is 4.87. The van der Waals surface area contributed by atoms with Crippen LogP contribution in [-0.4, -0.2) is 16.2 Å². The largest absolute Gasteiger partial charge is 0.506 e. The number of rotatable bonds is 4. The van der Waals surface area contributed by atoms with E-state index in [4.69, 9.17) is 21.6 Å². The molecular weight excluding hydrogens is 336 g/mol. The Labute approximate surface area is 150 Å². The third-order valence-corrected chi connectivity index (χ3v) is 4.03. The molecule has 0 aliphatic carbocycles. The molecule has 2 aromatic carbocycles. The minimum atomic E-state index is -0.477. The number of hydrogen-bond donors (Lipinski definition) is 1. The van der Waals surface area contributed by atoms with Crippen LogP contribution in [0.15, 0.2) is 48.5 Å². The fourth-order valence-electron chi connectivity index (χ4n) is 2.33. The molecule has 0 saturated carbocycles. The summed E-state index contributed by atoms with van der Waals surface area (Å²) in [7, 11) is 0. The van der Waals surface area contributed by atoms with Crippen LogP contribution in [0, 0.1) is 11.3 Å². The number of nitrogens with zero attached hydrogens (tertiary/aromatic N) is 2. The van der Waals surface area contributed by atoms with Crippen molar-refractivity contribution in [1.29, 1.82) is 5.26 Å². The van der Waals surface area contributed by atoms with E-state index < -0.39 is 6.10 Å². The third kappa shape index (κ3) is 3.90. The monoisotopic (exact) mass is 350 g/mol. The van der Waals surface area contributed by atoms with Crippen molar-refractivity contribution in [2.45, 2.75) is 13.0 Å². The van der Waals surface area contributed by atoms with Gasteiger partial charge in [-0.05, 0) is 55.0 Å². The van der Waals surface area contributed by atoms with Crippen LogP contribution in [0.25, 0.3) is 23.1 Å². The van der Waals surface area contributed by atoms with Crippen LogP contribution in [0.2, 0.25) is 5.02 Å². The van der Waals surface area contributed by atoms with E-state index in [1.807, 2.05) is 54.6 Å². The Morgan fingerprint density at radius 1 is 1.12 bits per heavy atom. The molecule has 5 heteroatoms. The summed E-state index contributed by atoms with van der Waals surface area (Å²) in [5, 5.41) is 19.4. The zero-order valence-electron chi connectivity index (χ0n) is 13.5. The molecule has 0 spiro atoms. The molecule has 0 aliphatic heterocycles. The maximum atomic E-state index is 9.63. The van der Waals surface area contributed by atoms with E-state index in [0.29, 0.717) is 16.2 Å². The van der Waals surface area contributed by atoms with Crippen LogP contribution in [0.1, 0.15) is 18.2 Å². The highest BCUT2D eigenvalue weighted by Crippen LogP contribution is 2.31. The Hall–Kier alpha value is -3.03. The number of phenolic OH excluding ortho intramolecular Hbond substituents is 1. The molecule has 1 N–H and O–H groups in total. The molecule has 1 atom stereocenters. The summed E-state index contributed by atoms with van der Waals surface area (Å²) >= 11 is 6.07. The van der Waals surface area contributed by atoms with Crippen molar-refractivity contribution in [3.8, 4) is 17.6 Å². The lowest BCUT2D eigenvalue weighted by Gasteiger charge is -2.07. The number of nitriles is 1. The summed E-state index contributed by atoms with van der Waals surface area (Å²) in [6.07, 6.45) is 3.36. The second-order valence-corrected chi connectivity index (χ2v) is 5.87. The summed E-state index contributed by atoms with van der Waals surface area (Å²) in [6, 6.07) is 16.4. The van der Waals surface area contributed by atoms with Gasteiger partial charge in [-0.2, -0.15) is 5.26 Å². The van der Waals surface area contributed by atoms with Crippen LogP contribution in [0.3, 0.4) is 0 Å². The predicted molar refractivity (Wildman–Crippen MR) is 99.5 cm³/mol. The highest BCUT2D eigenvalue weighted by atomic mass is 35.5. The van der Waals surface area contributed by atoms with Gasteiger partial charge in [0.2, 0.25) is 0 Å². The predicted octanol–water partition coefficient (Wildman–Crippen LogP) is 5.06. The average Bonchev–Trinajstić information content (AvgIpc) is 2.64. The van der Waals surface area contributed by atoms with Crippen molar-refractivity contribution >= 4 is 34.7 Å². The molecule has 0 amide bonds. The highest BCUT2D eigenvalue weighted by Gasteiger charge is 2.05. The number of halogens is 1. The van der Waals surface area contributed by atoms with Crippen molar-refractivity contribution in [3.05, 3.63) is 64.8 Å². The molecule has 1 unspecified atom stereocenters. The fraction of sp³-hybridized carbons (Fsp3) is 0.100. The number of hydrogen-bond acceptors (Lipinski definition) is 4. The maximum Gasteiger partial charge on any atom is 0.181 e. The third-order valence-electron chi connectivity index (χ3n) is 3.63. The van der Waals surface area contributed by atoms with Crippen molar-refractivity contribution in [1.82, 2.24) is 4.98 Å². The molecule has 124 valence electrons. The molecule has 0 radical (unpaired) electrons. The van der Waals surface area contributed by atoms with Crippen LogP contribution < -0.4 is 4.74 Å². The van der Waals surface area contributed by atoms with Crippen LogP contribution in [0.4, 0.5) is 0 Å². The number of aromatic hydroxyl groups is 1. The van der Waals surface area contributed by atoms with Crippen molar-refractivity contribution < 1.29 is 9.84 Å². The van der Waals surface area contributed by atoms with Gasteiger partial charge in [-0.25, -0.2) is 4.98 Å². The van der Waals surface area contributed by atoms with Crippen LogP contribution in [0.5, 0.6) is 11.5 Å². The van der Waals surface area contributed by atoms with Gasteiger partial charge in [0.15, 0.2) is 6.10 Å². The molecule has 0 saturated heterocycles. The van der Waals surface area contributed by atoms with E-state index >= 15 is 0 Å². The minimum Gasteiger partial charge on any atom is -0.506 e. The first-order valence-corrected chi connectivity index (χ1v) is 8.07. The number of benzene rings is 2. The zero-order valence-corrected chi connectivity index (χ0v) is 14.2. The number of aromatic nitrogens is 1. The minimum absolute atomic E-state index is 0.0484. The maximum absolute atomic E-state index is 9.63. The van der Waals surface area contributed by atoms with Crippen molar-refractivity contribution in [2.24, 2.45) is 0 Å². The van der Waals surface area contributed by atoms with E-state index in [-0.39, 0.29) is 5.75 Å². The molecule has 0 fully saturated rings. The van der Waals surface area contributed by atoms with Gasteiger partial charge in [0, 0.05) is 5.39 Å². The Morgan fingerprint density at radius 2 is 1.88 bits per heavy atom. The van der Waals surface area contributed by atoms with E-state index in [0.717, 1.165) is 16.8 Å². The lowest BCUT2D eigenvalue weighted by molar-refractivity contribution is 0.276. The number of fused-ring (bicyclic) bond motifs is 1. The summed E-state index contributed by atoms with van der Waals surface area (Å²) in [4.78, 5) is 4.52. The van der Waals surface area contributed by atoms with E-state index in [2.05, 4.69) is 4.98 Å². The van der Waals surface area contributed by atoms with E-state index in [1.165, 1.54) is 6.07 Å². The van der Waals surface area contributed by atoms with Crippen LogP contribution in [-0.2, 0) is 0 Å². The van der Waals surface area contributed by atoms with E-state index in [1.54, 1.807) is 13.0 Å². The normalized spacial score (nSPS) is 12.2. The van der Waals surface area contributed by atoms with Gasteiger partial charge in [-0.15, -0.1) is 0 Å². The van der Waals surface area contributed by atoms with Gasteiger partial charge in [0.1, 0.15) is 17.6 Å². The van der Waals surface area contributed by atoms with Gasteiger partial charge < -0.3 is 9.84 Å². The molecule has 0 bridgehead atoms. The molecule has 0 aliphatic rings. The van der Waals surface area contributed by atoms with Gasteiger partial charge in [0.25, 0.3) is 0 Å². The Bertz CT molecular complexity index is 975. The standard InChI is InChI=1S/C20H15ClN2O2/c1-13(12-22)25-16-7-3-14(4-8-16)2-5-15-6-9-17-18(23-15)10-11-19(24)20(17)21/h2-11,13,24H,1H3/b5-2+. The Morgan fingerprint density at radius 3 is 2.60 bits per heavy atom. The van der Waals surface area contributed by atoms with Gasteiger partial charge in [0.05, 0.1) is 16.2 Å². The molecule has 1 heterocycles. The fourth-order valence-corrected chi connectivity index (χ4v) is 2.56. The summed E-state index contributed by atoms with van der Waals surface area (Å²) in [5.41, 5.74) is 2.49. The summed E-state index contributed by atoms with van der Waals surface area (Å²) < 4.78 is 5.42. The molecule has 25 heavy (non-hydrogen) atoms. The van der Waals surface area contributed by atoms with Crippen molar-refractivity contribution in [2.75, 3.05) is 0 Å². The first-order chi connectivity index (χ1) is 12.1. The van der Waals surface area contributed by atoms with Gasteiger partial charge in [-0.3, -0.25) is 0 Å². The topological polar surface area (TPSA) is 66.1 Å². The average molecular weight is 351 g/mol. The first-order valence-electron chi connectivity index (χ1n) is 7.69. The Balaban J connectivity index is 1.79. The summed E-state index contributed by atoms with van der Waals surface area (Å²) in [6.45, 7) is 1.70. The lowest BCUT2D eigenvalue weighted by Crippen LogP contribution is -2.07. The quantitative estimate of drug-likeness (QED) is 0.714. The number of ether oxygens (including phenoxy) is 1. The smallest absolute Gasteiger partial charge is 0.181 e. The lowest BCUT2D eigenvalue weighted by atomic mass is 10.1. The summed E-state index contributed by atoms with van der Waals surface area (Å²) in [5.74, 6) is 0.705. The molecule has 3 rings (SSSR count). The second kappa shape index (κ2) is 7.25. The molecular formula is C20H15ClN2O2. The second-order valence-electron chi connectivity index (χ2n) is 5.49. The van der Waals surface area contributed by atoms with Gasteiger partial charge in [-0.1, -0.05) is 29.8 Å².